The molecule has 4 heterocycles. The smallest absolute Gasteiger partial charge is 0.356 e. The van der Waals surface area contributed by atoms with Gasteiger partial charge in [-0.15, -0.1) is 27.3 Å². The summed E-state index contributed by atoms with van der Waals surface area (Å²) in [5.74, 6) is 1.25. The SMILES string of the molecule is C=S1C=C(C(C#N)C(=O)NC2C(=O)N3C(C(=O)OC(c4ccccc4)c4ccccc4)=C(CSc4nnnn4C)CS[C@H]23)N=C1NC=O. The van der Waals surface area contributed by atoms with E-state index >= 15 is 0 Å². The highest BCUT2D eigenvalue weighted by atomic mass is 32.2. The van der Waals surface area contributed by atoms with Gasteiger partial charge in [-0.05, 0) is 32.5 Å². The second-order valence-corrected chi connectivity index (χ2v) is 14.1. The number of esters is 1. The lowest BCUT2D eigenvalue weighted by Crippen LogP contribution is -2.71. The number of hydrogen-bond donors (Lipinski definition) is 2. The van der Waals surface area contributed by atoms with Gasteiger partial charge in [-0.1, -0.05) is 78.3 Å². The van der Waals surface area contributed by atoms with E-state index in [1.165, 1.54) is 38.5 Å². The molecule has 0 bridgehead atoms. The van der Waals surface area contributed by atoms with E-state index < -0.39 is 51.7 Å². The van der Waals surface area contributed by atoms with Crippen LogP contribution in [-0.2, 0) is 31.0 Å². The van der Waals surface area contributed by atoms with E-state index in [0.717, 1.165) is 11.1 Å². The van der Waals surface area contributed by atoms with Crippen molar-refractivity contribution in [1.29, 1.82) is 5.26 Å². The normalized spacial score (nSPS) is 20.6. The fourth-order valence-electron chi connectivity index (χ4n) is 5.22. The summed E-state index contributed by atoms with van der Waals surface area (Å²) in [5, 5.41) is 28.1. The third-order valence-electron chi connectivity index (χ3n) is 7.54. The summed E-state index contributed by atoms with van der Waals surface area (Å²) in [7, 11) is 0.858. The van der Waals surface area contributed by atoms with Gasteiger partial charge in [-0.2, -0.15) is 5.26 Å². The number of amides is 3. The van der Waals surface area contributed by atoms with E-state index in [4.69, 9.17) is 4.74 Å². The largest absolute Gasteiger partial charge is 0.448 e. The zero-order valence-corrected chi connectivity index (χ0v) is 27.7. The van der Waals surface area contributed by atoms with E-state index in [0.29, 0.717) is 28.6 Å². The van der Waals surface area contributed by atoms with Crippen molar-refractivity contribution in [2.45, 2.75) is 22.7 Å². The molecule has 0 spiro atoms. The first-order chi connectivity index (χ1) is 23.3. The number of aryl methyl sites for hydroxylation is 1. The zero-order valence-electron chi connectivity index (χ0n) is 25.3. The van der Waals surface area contributed by atoms with Crippen molar-refractivity contribution in [2.24, 2.45) is 18.0 Å². The van der Waals surface area contributed by atoms with Crippen LogP contribution in [0.4, 0.5) is 0 Å². The standard InChI is InChI=1S/C31H27N9O5S3/c1-39-31(36-37-38-39)47-15-20-14-46-28-23(35-26(42)21(13-32)22-16-48(2)30(34-22)33-17-41)27(43)40(28)24(20)29(44)45-25(18-9-5-3-6-10-18)19-11-7-4-8-12-19/h3-12,16-17,21,23,25,28H,2,14-15H2,1H3,(H,35,42)(H,33,34,41)/t21?,23?,28-,48?/m1/s1. The molecule has 3 amide bonds. The van der Waals surface area contributed by atoms with Crippen molar-refractivity contribution in [1.82, 2.24) is 35.7 Å². The fourth-order valence-corrected chi connectivity index (χ4v) is 8.56. The Morgan fingerprint density at radius 3 is 2.50 bits per heavy atom. The quantitative estimate of drug-likeness (QED) is 0.0981. The molecule has 1 aromatic heterocycles. The highest BCUT2D eigenvalue weighted by molar-refractivity contribution is 8.29. The van der Waals surface area contributed by atoms with Gasteiger partial charge in [0.15, 0.2) is 17.2 Å². The number of amidine groups is 1. The minimum absolute atomic E-state index is 0.0966. The van der Waals surface area contributed by atoms with Crippen LogP contribution >= 0.6 is 34.0 Å². The molecule has 1 fully saturated rings. The molecule has 3 unspecified atom stereocenters. The molecule has 3 aliphatic heterocycles. The van der Waals surface area contributed by atoms with Gasteiger partial charge in [0, 0.05) is 18.6 Å². The average Bonchev–Trinajstić information content (AvgIpc) is 3.69. The van der Waals surface area contributed by atoms with Crippen LogP contribution in [0.5, 0.6) is 0 Å². The van der Waals surface area contributed by atoms with Crippen molar-refractivity contribution in [3.05, 3.63) is 94.2 Å². The molecule has 0 saturated carbocycles. The minimum atomic E-state index is -1.34. The summed E-state index contributed by atoms with van der Waals surface area (Å²) < 4.78 is 7.70. The molecular weight excluding hydrogens is 675 g/mol. The van der Waals surface area contributed by atoms with Gasteiger partial charge in [-0.25, -0.2) is 14.5 Å². The van der Waals surface area contributed by atoms with Gasteiger partial charge in [0.25, 0.3) is 5.91 Å². The number of carbonyl (C=O) groups excluding carboxylic acids is 4. The highest BCUT2D eigenvalue weighted by Crippen LogP contribution is 2.43. The van der Waals surface area contributed by atoms with Crippen molar-refractivity contribution < 1.29 is 23.9 Å². The van der Waals surface area contributed by atoms with Gasteiger partial charge in [0.2, 0.25) is 17.5 Å². The summed E-state index contributed by atoms with van der Waals surface area (Å²) >= 11 is 2.69. The number of nitriles is 1. The predicted octanol–water partition coefficient (Wildman–Crippen LogP) is 2.09. The third-order valence-corrected chi connectivity index (χ3v) is 11.2. The molecule has 3 aliphatic rings. The van der Waals surface area contributed by atoms with E-state index in [1.807, 2.05) is 66.7 Å². The Balaban J connectivity index is 1.26. The lowest BCUT2D eigenvalue weighted by atomic mass is 10.00. The predicted molar refractivity (Wildman–Crippen MR) is 181 cm³/mol. The number of β-lactam (4-membered cyclic amide) rings is 1. The number of tetrazole rings is 1. The van der Waals surface area contributed by atoms with Crippen LogP contribution < -0.4 is 10.6 Å². The number of thioether (sulfide) groups is 2. The summed E-state index contributed by atoms with van der Waals surface area (Å²) in [6.07, 6.45) is -0.309. The number of hydrogen-bond acceptors (Lipinski definition) is 12. The first-order valence-electron chi connectivity index (χ1n) is 14.4. The topological polar surface area (TPSA) is 185 Å². The van der Waals surface area contributed by atoms with Crippen LogP contribution in [0.1, 0.15) is 17.2 Å². The second kappa shape index (κ2) is 14.4. The molecule has 48 heavy (non-hydrogen) atoms. The van der Waals surface area contributed by atoms with Crippen molar-refractivity contribution in [3.8, 4) is 6.07 Å². The molecule has 0 aliphatic carbocycles. The summed E-state index contributed by atoms with van der Waals surface area (Å²) in [6.45, 7) is 0. The molecule has 3 aromatic rings. The van der Waals surface area contributed by atoms with Crippen LogP contribution in [0.25, 0.3) is 0 Å². The van der Waals surface area contributed by atoms with Crippen molar-refractivity contribution in [3.63, 3.8) is 0 Å². The zero-order chi connectivity index (χ0) is 33.8. The molecule has 14 nitrogen and oxygen atoms in total. The maximum Gasteiger partial charge on any atom is 0.356 e. The number of rotatable bonds is 11. The van der Waals surface area contributed by atoms with E-state index in [1.54, 1.807) is 7.05 Å². The van der Waals surface area contributed by atoms with Gasteiger partial charge < -0.3 is 15.4 Å². The molecule has 2 aromatic carbocycles. The number of ether oxygens (including phenoxy) is 1. The molecule has 244 valence electrons. The van der Waals surface area contributed by atoms with Crippen LogP contribution in [0, 0.1) is 17.2 Å². The number of carbonyl (C=O) groups is 4. The van der Waals surface area contributed by atoms with E-state index in [9.17, 15) is 24.4 Å². The Bertz CT molecular complexity index is 1880. The fraction of sp³-hybridized carbons (Fsp3) is 0.226. The number of benzene rings is 2. The summed E-state index contributed by atoms with van der Waals surface area (Å²) in [5.41, 5.74) is 2.38. The minimum Gasteiger partial charge on any atom is -0.448 e. The molecule has 4 atom stereocenters. The number of aromatic nitrogens is 4. The summed E-state index contributed by atoms with van der Waals surface area (Å²) in [6, 6.07) is 19.5. The number of nitrogens with one attached hydrogen (secondary N) is 2. The van der Waals surface area contributed by atoms with E-state index in [-0.39, 0.29) is 16.6 Å². The molecular formula is C31H27N9O5S3. The molecule has 6 rings (SSSR count). The Kier molecular flexibility index (Phi) is 9.85. The van der Waals surface area contributed by atoms with Gasteiger partial charge in [-0.3, -0.25) is 19.3 Å². The molecule has 17 heteroatoms. The Labute approximate surface area is 285 Å². The van der Waals surface area contributed by atoms with Crippen LogP contribution in [0.2, 0.25) is 0 Å². The highest BCUT2D eigenvalue weighted by Gasteiger charge is 2.55. The Hall–Kier alpha value is -5.05. The Morgan fingerprint density at radius 2 is 1.90 bits per heavy atom. The first-order valence-corrected chi connectivity index (χ1v) is 17.9. The van der Waals surface area contributed by atoms with Gasteiger partial charge >= 0.3 is 5.97 Å². The summed E-state index contributed by atoms with van der Waals surface area (Å²) in [4.78, 5) is 57.7. The number of fused-ring (bicyclic) bond motifs is 1. The van der Waals surface area contributed by atoms with E-state index in [2.05, 4.69) is 37.0 Å². The van der Waals surface area contributed by atoms with Crippen LogP contribution in [0.15, 0.2) is 93.2 Å². The second-order valence-electron chi connectivity index (χ2n) is 10.5. The lowest BCUT2D eigenvalue weighted by Gasteiger charge is -2.50. The maximum absolute atomic E-state index is 14.2. The first kappa shape index (κ1) is 32.9. The van der Waals surface area contributed by atoms with Crippen molar-refractivity contribution >= 4 is 69.2 Å². The van der Waals surface area contributed by atoms with Crippen molar-refractivity contribution in [2.75, 3.05) is 11.5 Å². The van der Waals surface area contributed by atoms with Gasteiger partial charge in [0.05, 0.1) is 11.8 Å². The maximum atomic E-state index is 14.2. The van der Waals surface area contributed by atoms with Crippen LogP contribution in [0.3, 0.4) is 0 Å². The number of nitrogens with zero attached hydrogens (tertiary/aromatic N) is 7. The van der Waals surface area contributed by atoms with Gasteiger partial charge in [0.1, 0.15) is 17.1 Å². The third kappa shape index (κ3) is 6.54. The Morgan fingerprint density at radius 1 is 1.21 bits per heavy atom. The average molecular weight is 702 g/mol. The van der Waals surface area contributed by atoms with Crippen LogP contribution in [-0.4, -0.2) is 83.3 Å². The number of aliphatic imine (C=N–C) groups is 1. The monoisotopic (exact) mass is 701 g/mol. The molecule has 2 N–H and O–H groups in total. The lowest BCUT2D eigenvalue weighted by molar-refractivity contribution is -0.154. The molecule has 1 saturated heterocycles. The molecule has 0 radical (unpaired) electrons.